The van der Waals surface area contributed by atoms with Gasteiger partial charge in [0, 0.05) is 0 Å². The second-order valence-corrected chi connectivity index (χ2v) is 1.76. The molecule has 0 heterocycles. The van der Waals surface area contributed by atoms with Crippen molar-refractivity contribution in [3.8, 4) is 0 Å². The minimum Gasteiger partial charge on any atom is -0.529 e. The zero-order valence-corrected chi connectivity index (χ0v) is 7.18. The number of allylic oxidation sites excluding steroid dienone is 1. The highest BCUT2D eigenvalue weighted by molar-refractivity contribution is 6.05. The summed E-state index contributed by atoms with van der Waals surface area (Å²) in [6.07, 6.45) is 4.03. The lowest BCUT2D eigenvalue weighted by Gasteiger charge is -1.90. The first kappa shape index (κ1) is 7.43. The summed E-state index contributed by atoms with van der Waals surface area (Å²) in [4.78, 5) is 10.3. The number of hydrogen-bond acceptors (Lipinski definition) is 2. The maximum absolute atomic E-state index is 10.3. The molecule has 0 radical (unpaired) electrons. The zero-order chi connectivity index (χ0) is 6.41. The third-order valence-electron chi connectivity index (χ3n) is 0.748. The van der Waals surface area contributed by atoms with Crippen LogP contribution in [0.2, 0.25) is 0 Å². The van der Waals surface area contributed by atoms with Crippen LogP contribution in [0.15, 0.2) is 12.2 Å². The van der Waals surface area contributed by atoms with Crippen LogP contribution < -0.4 is 0 Å². The van der Waals surface area contributed by atoms with Crippen molar-refractivity contribution in [2.45, 2.75) is 13.3 Å². The van der Waals surface area contributed by atoms with Gasteiger partial charge in [0.2, 0.25) is 10.5 Å². The first-order valence-corrected chi connectivity index (χ1v) is 3.31. The number of carbonyl (C=O) groups is 1. The molecular formula is C5H10O2Si. The molecule has 0 saturated carbocycles. The van der Waals surface area contributed by atoms with E-state index in [9.17, 15) is 4.79 Å². The molecule has 0 amide bonds. The zero-order valence-electron chi connectivity index (χ0n) is 5.18. The lowest BCUT2D eigenvalue weighted by Crippen LogP contribution is -1.97. The molecule has 0 aliphatic rings. The van der Waals surface area contributed by atoms with Crippen molar-refractivity contribution < 1.29 is 9.22 Å². The van der Waals surface area contributed by atoms with Crippen molar-refractivity contribution in [2.75, 3.05) is 0 Å². The van der Waals surface area contributed by atoms with Gasteiger partial charge >= 0.3 is 0 Å². The summed E-state index contributed by atoms with van der Waals surface area (Å²) in [5.74, 6) is -0.130. The van der Waals surface area contributed by atoms with Gasteiger partial charge in [-0.1, -0.05) is 12.2 Å². The molecule has 0 aliphatic carbocycles. The van der Waals surface area contributed by atoms with E-state index >= 15 is 0 Å². The van der Waals surface area contributed by atoms with Gasteiger partial charge in [0.25, 0.3) is 5.97 Å². The first-order chi connectivity index (χ1) is 3.81. The smallest absolute Gasteiger partial charge is 0.295 e. The van der Waals surface area contributed by atoms with Gasteiger partial charge in [-0.25, -0.2) is 0 Å². The Labute approximate surface area is 52.1 Å². The Morgan fingerprint density at radius 1 is 1.88 bits per heavy atom. The molecule has 46 valence electrons. The molecule has 0 unspecified atom stereocenters. The van der Waals surface area contributed by atoms with Crippen molar-refractivity contribution in [2.24, 2.45) is 0 Å². The van der Waals surface area contributed by atoms with Crippen LogP contribution >= 0.6 is 0 Å². The lowest BCUT2D eigenvalue weighted by atomic mass is 10.4. The molecule has 0 N–H and O–H groups in total. The van der Waals surface area contributed by atoms with Gasteiger partial charge in [0.15, 0.2) is 0 Å². The van der Waals surface area contributed by atoms with E-state index in [4.69, 9.17) is 0 Å². The molecule has 0 aliphatic heterocycles. The first-order valence-electron chi connectivity index (χ1n) is 2.49. The predicted octanol–water partition coefficient (Wildman–Crippen LogP) is -0.224. The second-order valence-electron chi connectivity index (χ2n) is 1.35. The SMILES string of the molecule is C/C=C/CC(=O)O[SiH3]. The summed E-state index contributed by atoms with van der Waals surface area (Å²) in [6.45, 7) is 1.88. The van der Waals surface area contributed by atoms with Gasteiger partial charge in [-0.05, 0) is 6.92 Å². The molecule has 8 heavy (non-hydrogen) atoms. The standard InChI is InChI=1S/C5H10O2Si/c1-2-3-4-5(6)7-8/h2-3H,4H2,1,8H3/b3-2+. The fraction of sp³-hybridized carbons (Fsp3) is 0.400. The van der Waals surface area contributed by atoms with Crippen molar-refractivity contribution >= 4 is 16.5 Å². The van der Waals surface area contributed by atoms with E-state index in [2.05, 4.69) is 4.43 Å². The minimum atomic E-state index is -0.130. The number of rotatable bonds is 2. The number of hydrogen-bond donors (Lipinski definition) is 0. The normalized spacial score (nSPS) is 10.1. The molecule has 0 spiro atoms. The third kappa shape index (κ3) is 3.61. The Morgan fingerprint density at radius 3 is 2.88 bits per heavy atom. The molecule has 3 heteroatoms. The predicted molar refractivity (Wildman–Crippen MR) is 35.5 cm³/mol. The van der Waals surface area contributed by atoms with Crippen LogP contribution in [-0.4, -0.2) is 16.5 Å². The second kappa shape index (κ2) is 4.58. The van der Waals surface area contributed by atoms with Gasteiger partial charge in [-0.3, -0.25) is 4.79 Å². The van der Waals surface area contributed by atoms with Crippen molar-refractivity contribution in [1.29, 1.82) is 0 Å². The van der Waals surface area contributed by atoms with E-state index in [1.807, 2.05) is 13.0 Å². The van der Waals surface area contributed by atoms with Crippen LogP contribution in [0, 0.1) is 0 Å². The summed E-state index contributed by atoms with van der Waals surface area (Å²) in [7, 11) is 0.506. The molecule has 0 aromatic heterocycles. The average Bonchev–Trinajstić information content (AvgIpc) is 1.83. The van der Waals surface area contributed by atoms with Gasteiger partial charge in [0.05, 0.1) is 6.42 Å². The highest BCUT2D eigenvalue weighted by Crippen LogP contribution is 1.83. The Bertz CT molecular complexity index is 98.6. The average molecular weight is 130 g/mol. The van der Waals surface area contributed by atoms with Crippen LogP contribution in [0.25, 0.3) is 0 Å². The minimum absolute atomic E-state index is 0.130. The summed E-state index contributed by atoms with van der Waals surface area (Å²) in [6, 6.07) is 0. The molecule has 0 saturated heterocycles. The van der Waals surface area contributed by atoms with E-state index in [0.29, 0.717) is 16.9 Å². The largest absolute Gasteiger partial charge is 0.529 e. The summed E-state index contributed by atoms with van der Waals surface area (Å²) in [5, 5.41) is 0. The van der Waals surface area contributed by atoms with E-state index in [1.165, 1.54) is 0 Å². The van der Waals surface area contributed by atoms with Crippen LogP contribution in [0.1, 0.15) is 13.3 Å². The topological polar surface area (TPSA) is 26.3 Å². The Kier molecular flexibility index (Phi) is 4.25. The van der Waals surface area contributed by atoms with Crippen molar-refractivity contribution in [3.05, 3.63) is 12.2 Å². The molecular weight excluding hydrogens is 120 g/mol. The highest BCUT2D eigenvalue weighted by Gasteiger charge is 1.90. The molecule has 2 nitrogen and oxygen atoms in total. The Hall–Kier alpha value is -0.573. The van der Waals surface area contributed by atoms with E-state index in [0.717, 1.165) is 0 Å². The molecule has 0 aromatic carbocycles. The van der Waals surface area contributed by atoms with Gasteiger partial charge in [-0.2, -0.15) is 0 Å². The van der Waals surface area contributed by atoms with Crippen LogP contribution in [0.4, 0.5) is 0 Å². The lowest BCUT2D eigenvalue weighted by molar-refractivity contribution is -0.133. The molecule has 0 fully saturated rings. The fourth-order valence-corrected chi connectivity index (χ4v) is 0.464. The van der Waals surface area contributed by atoms with Crippen molar-refractivity contribution in [3.63, 3.8) is 0 Å². The monoisotopic (exact) mass is 130 g/mol. The van der Waals surface area contributed by atoms with Gasteiger partial charge < -0.3 is 4.43 Å². The molecule has 0 bridgehead atoms. The van der Waals surface area contributed by atoms with Crippen LogP contribution in [-0.2, 0) is 9.22 Å². The fourth-order valence-electron chi connectivity index (χ4n) is 0.297. The van der Waals surface area contributed by atoms with Crippen LogP contribution in [0.5, 0.6) is 0 Å². The molecule has 0 aromatic rings. The van der Waals surface area contributed by atoms with Crippen molar-refractivity contribution in [1.82, 2.24) is 0 Å². The Balaban J connectivity index is 3.25. The summed E-state index contributed by atoms with van der Waals surface area (Å²) in [5.41, 5.74) is 0. The maximum Gasteiger partial charge on any atom is 0.295 e. The summed E-state index contributed by atoms with van der Waals surface area (Å²) < 4.78 is 4.50. The quantitative estimate of drug-likeness (QED) is 0.381. The van der Waals surface area contributed by atoms with E-state index in [1.54, 1.807) is 6.08 Å². The molecule has 0 atom stereocenters. The van der Waals surface area contributed by atoms with E-state index in [-0.39, 0.29) is 5.97 Å². The Morgan fingerprint density at radius 2 is 2.50 bits per heavy atom. The van der Waals surface area contributed by atoms with Gasteiger partial charge in [-0.15, -0.1) is 0 Å². The maximum atomic E-state index is 10.3. The third-order valence-corrected chi connectivity index (χ3v) is 1.20. The number of carbonyl (C=O) groups excluding carboxylic acids is 1. The van der Waals surface area contributed by atoms with E-state index < -0.39 is 0 Å². The summed E-state index contributed by atoms with van der Waals surface area (Å²) >= 11 is 0. The highest BCUT2D eigenvalue weighted by atomic mass is 28.2. The van der Waals surface area contributed by atoms with Gasteiger partial charge in [0.1, 0.15) is 0 Å². The van der Waals surface area contributed by atoms with Crippen LogP contribution in [0.3, 0.4) is 0 Å². The molecule has 0 rings (SSSR count).